The Morgan fingerprint density at radius 1 is 0.893 bits per heavy atom. The van der Waals surface area contributed by atoms with Gasteiger partial charge >= 0.3 is 0 Å². The summed E-state index contributed by atoms with van der Waals surface area (Å²) in [6.07, 6.45) is 9.63. The summed E-state index contributed by atoms with van der Waals surface area (Å²) in [5, 5.41) is 0. The molecule has 2 aromatic rings. The van der Waals surface area contributed by atoms with Crippen LogP contribution in [0.15, 0.2) is 86.6 Å². The molecule has 1 aromatic heterocycles. The summed E-state index contributed by atoms with van der Waals surface area (Å²) in [4.78, 5) is 4.28. The quantitative estimate of drug-likeness (QED) is 0.480. The van der Waals surface area contributed by atoms with Crippen molar-refractivity contribution in [1.29, 1.82) is 0 Å². The highest BCUT2D eigenvalue weighted by Gasteiger charge is 1.99. The molecule has 2 rings (SSSR count). The molecule has 0 fully saturated rings. The van der Waals surface area contributed by atoms with Gasteiger partial charge in [-0.3, -0.25) is 4.98 Å². The van der Waals surface area contributed by atoms with Gasteiger partial charge in [-0.05, 0) is 56.5 Å². The highest BCUT2D eigenvalue weighted by Crippen LogP contribution is 2.17. The molecule has 1 heteroatoms. The highest BCUT2D eigenvalue weighted by atomic mass is 14.7. The highest BCUT2D eigenvalue weighted by molar-refractivity contribution is 5.73. The molecule has 0 N–H and O–H groups in total. The van der Waals surface area contributed by atoms with Gasteiger partial charge in [0, 0.05) is 6.20 Å². The van der Waals surface area contributed by atoms with Crippen LogP contribution in [0.2, 0.25) is 0 Å². The van der Waals surface area contributed by atoms with Gasteiger partial charge in [0.25, 0.3) is 0 Å². The van der Waals surface area contributed by atoms with E-state index in [0.29, 0.717) is 0 Å². The number of aryl methyl sites for hydroxylation is 1. The van der Waals surface area contributed by atoms with E-state index in [4.69, 9.17) is 0 Å². The maximum Gasteiger partial charge on any atom is 0.0702 e. The number of hydrogen-bond donors (Lipinski definition) is 0. The Morgan fingerprint density at radius 2 is 1.50 bits per heavy atom. The fraction of sp³-hybridized carbons (Fsp3) is 0.222. The van der Waals surface area contributed by atoms with Gasteiger partial charge in [-0.15, -0.1) is 0 Å². The Kier molecular flexibility index (Phi) is 12.7. The lowest BCUT2D eigenvalue weighted by atomic mass is 10.1. The SMILES string of the molecule is C=C(C)c1cccc(C)c1.C=C(C)c1ccnc(C(=C)/C=C\C=C/C)c1.CC. The van der Waals surface area contributed by atoms with E-state index >= 15 is 0 Å². The number of hydrogen-bond acceptors (Lipinski definition) is 1. The Balaban J connectivity index is 0.000000520. The van der Waals surface area contributed by atoms with Gasteiger partial charge in [0.05, 0.1) is 5.69 Å². The summed E-state index contributed by atoms with van der Waals surface area (Å²) >= 11 is 0. The minimum Gasteiger partial charge on any atom is -0.256 e. The van der Waals surface area contributed by atoms with E-state index in [1.807, 2.05) is 71.1 Å². The summed E-state index contributed by atoms with van der Waals surface area (Å²) in [5.74, 6) is 0. The monoisotopic (exact) mass is 373 g/mol. The maximum absolute atomic E-state index is 4.28. The predicted octanol–water partition coefficient (Wildman–Crippen LogP) is 8.31. The first kappa shape index (κ1) is 25.1. The second-order valence-electron chi connectivity index (χ2n) is 6.27. The first-order valence-corrected chi connectivity index (χ1v) is 9.68. The van der Waals surface area contributed by atoms with Gasteiger partial charge in [0.1, 0.15) is 0 Å². The maximum atomic E-state index is 4.28. The summed E-state index contributed by atoms with van der Waals surface area (Å²) in [6.45, 7) is 23.8. The lowest BCUT2D eigenvalue weighted by Gasteiger charge is -2.03. The van der Waals surface area contributed by atoms with Gasteiger partial charge in [0.15, 0.2) is 0 Å². The zero-order valence-electron chi connectivity index (χ0n) is 18.4. The molecule has 1 nitrogen and oxygen atoms in total. The van der Waals surface area contributed by atoms with Gasteiger partial charge in [-0.25, -0.2) is 0 Å². The minimum absolute atomic E-state index is 0.890. The van der Waals surface area contributed by atoms with Crippen LogP contribution in [0.3, 0.4) is 0 Å². The van der Waals surface area contributed by atoms with Crippen molar-refractivity contribution in [3.05, 3.63) is 109 Å². The number of nitrogens with zero attached hydrogens (tertiary/aromatic N) is 1. The van der Waals surface area contributed by atoms with E-state index in [9.17, 15) is 0 Å². The summed E-state index contributed by atoms with van der Waals surface area (Å²) in [5.41, 5.74) is 7.59. The van der Waals surface area contributed by atoms with Crippen LogP contribution < -0.4 is 0 Å². The van der Waals surface area contributed by atoms with Crippen molar-refractivity contribution in [2.45, 2.75) is 41.5 Å². The zero-order valence-corrected chi connectivity index (χ0v) is 18.4. The molecular formula is C27H35N. The van der Waals surface area contributed by atoms with E-state index in [1.165, 1.54) is 11.1 Å². The molecule has 148 valence electrons. The Bertz CT molecular complexity index is 835. The first-order valence-electron chi connectivity index (χ1n) is 9.68. The molecular weight excluding hydrogens is 338 g/mol. The van der Waals surface area contributed by atoms with Gasteiger partial charge in [-0.1, -0.05) is 98.9 Å². The lowest BCUT2D eigenvalue weighted by molar-refractivity contribution is 1.27. The minimum atomic E-state index is 0.890. The van der Waals surface area contributed by atoms with Crippen LogP contribution in [-0.4, -0.2) is 4.98 Å². The van der Waals surface area contributed by atoms with E-state index in [0.717, 1.165) is 28.0 Å². The number of benzene rings is 1. The van der Waals surface area contributed by atoms with Crippen LogP contribution in [-0.2, 0) is 0 Å². The molecule has 0 atom stereocenters. The van der Waals surface area contributed by atoms with Crippen LogP contribution in [0.4, 0.5) is 0 Å². The van der Waals surface area contributed by atoms with Gasteiger partial charge in [0.2, 0.25) is 0 Å². The summed E-state index contributed by atoms with van der Waals surface area (Å²) < 4.78 is 0. The predicted molar refractivity (Wildman–Crippen MR) is 129 cm³/mol. The zero-order chi connectivity index (χ0) is 21.5. The van der Waals surface area contributed by atoms with Crippen molar-refractivity contribution in [2.75, 3.05) is 0 Å². The van der Waals surface area contributed by atoms with Crippen molar-refractivity contribution in [1.82, 2.24) is 4.98 Å². The number of allylic oxidation sites excluding steroid dienone is 7. The molecule has 0 amide bonds. The van der Waals surface area contributed by atoms with Crippen LogP contribution in [0.5, 0.6) is 0 Å². The fourth-order valence-electron chi connectivity index (χ4n) is 2.15. The van der Waals surface area contributed by atoms with Crippen molar-refractivity contribution >= 4 is 16.7 Å². The smallest absolute Gasteiger partial charge is 0.0702 e. The summed E-state index contributed by atoms with van der Waals surface area (Å²) in [6, 6.07) is 12.3. The van der Waals surface area contributed by atoms with E-state index in [1.54, 1.807) is 6.20 Å². The molecule has 0 bridgehead atoms. The molecule has 0 saturated heterocycles. The third kappa shape index (κ3) is 9.68. The standard InChI is InChI=1S/C15H17N.C10H12.C2H6/c1-5-6-7-8-13(4)15-11-14(12(2)3)9-10-16-15;1-8(2)10-6-4-5-9(3)7-10;1-2/h5-11H,2,4H2,1,3H3;4-7H,1H2,2-3H3;1-2H3/b6-5-,8-7-;;. The van der Waals surface area contributed by atoms with Crippen LogP contribution in [0, 0.1) is 6.92 Å². The number of rotatable bonds is 5. The molecule has 0 aliphatic carbocycles. The molecule has 1 heterocycles. The molecule has 0 radical (unpaired) electrons. The molecule has 0 aliphatic rings. The fourth-order valence-corrected chi connectivity index (χ4v) is 2.15. The van der Waals surface area contributed by atoms with Crippen molar-refractivity contribution in [2.24, 2.45) is 0 Å². The topological polar surface area (TPSA) is 12.9 Å². The van der Waals surface area contributed by atoms with Crippen LogP contribution >= 0.6 is 0 Å². The summed E-state index contributed by atoms with van der Waals surface area (Å²) in [7, 11) is 0. The van der Waals surface area contributed by atoms with Crippen LogP contribution in [0.1, 0.15) is 57.0 Å². The molecule has 28 heavy (non-hydrogen) atoms. The second-order valence-corrected chi connectivity index (χ2v) is 6.27. The number of pyridine rings is 1. The second kappa shape index (κ2) is 14.2. The first-order chi connectivity index (χ1) is 13.3. The van der Waals surface area contributed by atoms with Gasteiger partial charge < -0.3 is 0 Å². The molecule has 0 aliphatic heterocycles. The lowest BCUT2D eigenvalue weighted by Crippen LogP contribution is -1.88. The third-order valence-corrected chi connectivity index (χ3v) is 3.69. The average molecular weight is 374 g/mol. The molecule has 1 aromatic carbocycles. The molecule has 0 spiro atoms. The van der Waals surface area contributed by atoms with E-state index < -0.39 is 0 Å². The average Bonchev–Trinajstić information content (AvgIpc) is 2.70. The third-order valence-electron chi connectivity index (χ3n) is 3.69. The Labute approximate surface area is 172 Å². The normalized spacial score (nSPS) is 9.93. The van der Waals surface area contributed by atoms with E-state index in [-0.39, 0.29) is 0 Å². The molecule has 0 unspecified atom stereocenters. The Morgan fingerprint density at radius 3 is 2.00 bits per heavy atom. The largest absolute Gasteiger partial charge is 0.256 e. The van der Waals surface area contributed by atoms with Crippen molar-refractivity contribution < 1.29 is 0 Å². The number of aromatic nitrogens is 1. The molecule has 0 saturated carbocycles. The Hall–Kier alpha value is -2.93. The van der Waals surface area contributed by atoms with Gasteiger partial charge in [-0.2, -0.15) is 0 Å². The van der Waals surface area contributed by atoms with Crippen molar-refractivity contribution in [3.8, 4) is 0 Å². The van der Waals surface area contributed by atoms with Crippen molar-refractivity contribution in [3.63, 3.8) is 0 Å². The van der Waals surface area contributed by atoms with Crippen LogP contribution in [0.25, 0.3) is 16.7 Å². The van der Waals surface area contributed by atoms with E-state index in [2.05, 4.69) is 55.9 Å².